The fourth-order valence-electron chi connectivity index (χ4n) is 2.54. The molecule has 140 valence electrons. The molecule has 7 heteroatoms. The summed E-state index contributed by atoms with van der Waals surface area (Å²) in [6, 6.07) is 5.61. The Morgan fingerprint density at radius 3 is 2.36 bits per heavy atom. The summed E-state index contributed by atoms with van der Waals surface area (Å²) in [6.45, 7) is 4.66. The van der Waals surface area contributed by atoms with Crippen molar-refractivity contribution in [2.45, 2.75) is 51.0 Å². The number of carbonyl (C=O) groups excluding carboxylic acids is 1. The number of hydrogen-bond donors (Lipinski definition) is 3. The number of ether oxygens (including phenoxy) is 1. The molecule has 1 aromatic rings. The molecular weight excluding hydrogens is 329 g/mol. The van der Waals surface area contributed by atoms with Crippen molar-refractivity contribution < 1.29 is 28.9 Å². The van der Waals surface area contributed by atoms with Crippen molar-refractivity contribution in [2.24, 2.45) is 0 Å². The number of nitrogens with one attached hydrogen (secondary N) is 1. The quantitative estimate of drug-likeness (QED) is 0.623. The second-order valence-electron chi connectivity index (χ2n) is 6.90. The molecule has 3 N–H and O–H groups in total. The molecule has 0 heterocycles. The molecule has 1 rings (SSSR count). The predicted octanol–water partition coefficient (Wildman–Crippen LogP) is 2.84. The smallest absolute Gasteiger partial charge is 0.407 e. The summed E-state index contributed by atoms with van der Waals surface area (Å²) in [5, 5.41) is 21.2. The van der Waals surface area contributed by atoms with Crippen molar-refractivity contribution in [1.29, 1.82) is 0 Å². The van der Waals surface area contributed by atoms with Gasteiger partial charge in [0.15, 0.2) is 0 Å². The van der Waals surface area contributed by atoms with Crippen LogP contribution in [0.4, 0.5) is 9.18 Å². The van der Waals surface area contributed by atoms with E-state index in [0.29, 0.717) is 12.8 Å². The maximum Gasteiger partial charge on any atom is 0.407 e. The molecule has 0 spiro atoms. The topological polar surface area (TPSA) is 95.9 Å². The first-order valence-corrected chi connectivity index (χ1v) is 8.18. The highest BCUT2D eigenvalue weighted by molar-refractivity contribution is 5.83. The molecule has 0 saturated heterocycles. The highest BCUT2D eigenvalue weighted by atomic mass is 19.1. The van der Waals surface area contributed by atoms with Crippen LogP contribution in [0.3, 0.4) is 0 Å². The predicted molar refractivity (Wildman–Crippen MR) is 90.9 cm³/mol. The van der Waals surface area contributed by atoms with E-state index in [2.05, 4.69) is 5.32 Å². The van der Waals surface area contributed by atoms with E-state index in [4.69, 9.17) is 9.84 Å². The first-order valence-electron chi connectivity index (χ1n) is 8.18. The van der Waals surface area contributed by atoms with Crippen molar-refractivity contribution in [2.75, 3.05) is 13.2 Å². The number of aliphatic carboxylic acids is 1. The minimum Gasteiger partial charge on any atom is -0.481 e. The van der Waals surface area contributed by atoms with Gasteiger partial charge in [-0.15, -0.1) is 0 Å². The SMILES string of the molecule is CC(C)(C)OC(=O)NCC(CCCCO)(C(=O)O)c1ccccc1F. The van der Waals surface area contributed by atoms with Gasteiger partial charge in [0.2, 0.25) is 0 Å². The Labute approximate surface area is 147 Å². The number of carboxylic acids is 1. The number of hydrogen-bond acceptors (Lipinski definition) is 4. The van der Waals surface area contributed by atoms with Crippen LogP contribution in [0.1, 0.15) is 45.6 Å². The van der Waals surface area contributed by atoms with Crippen LogP contribution in [0.5, 0.6) is 0 Å². The van der Waals surface area contributed by atoms with Crippen LogP contribution in [-0.4, -0.2) is 41.0 Å². The number of rotatable bonds is 8. The third kappa shape index (κ3) is 6.01. The maximum atomic E-state index is 14.3. The van der Waals surface area contributed by atoms with Gasteiger partial charge in [-0.05, 0) is 46.1 Å². The number of benzene rings is 1. The minimum absolute atomic E-state index is 0.00324. The van der Waals surface area contributed by atoms with E-state index < -0.39 is 28.9 Å². The molecule has 1 aromatic carbocycles. The first-order chi connectivity index (χ1) is 11.6. The molecule has 1 atom stereocenters. The Morgan fingerprint density at radius 2 is 1.84 bits per heavy atom. The molecule has 0 aromatic heterocycles. The van der Waals surface area contributed by atoms with Crippen molar-refractivity contribution >= 4 is 12.1 Å². The van der Waals surface area contributed by atoms with E-state index in [0.717, 1.165) is 0 Å². The fourth-order valence-corrected chi connectivity index (χ4v) is 2.54. The van der Waals surface area contributed by atoms with Gasteiger partial charge in [0.05, 0.1) is 0 Å². The van der Waals surface area contributed by atoms with Gasteiger partial charge < -0.3 is 20.3 Å². The van der Waals surface area contributed by atoms with Crippen molar-refractivity contribution in [3.05, 3.63) is 35.6 Å². The molecule has 1 amide bonds. The summed E-state index contributed by atoms with van der Waals surface area (Å²) in [5.41, 5.74) is -2.38. The molecule has 6 nitrogen and oxygen atoms in total. The monoisotopic (exact) mass is 355 g/mol. The van der Waals surface area contributed by atoms with Crippen molar-refractivity contribution in [3.63, 3.8) is 0 Å². The second-order valence-corrected chi connectivity index (χ2v) is 6.90. The average Bonchev–Trinajstić information content (AvgIpc) is 2.49. The van der Waals surface area contributed by atoms with E-state index >= 15 is 0 Å². The van der Waals surface area contributed by atoms with Gasteiger partial charge in [-0.3, -0.25) is 4.79 Å². The van der Waals surface area contributed by atoms with Gasteiger partial charge >= 0.3 is 12.1 Å². The average molecular weight is 355 g/mol. The number of amides is 1. The van der Waals surface area contributed by atoms with Crippen LogP contribution in [0.25, 0.3) is 0 Å². The normalized spacial score (nSPS) is 13.8. The minimum atomic E-state index is -1.64. The number of aliphatic hydroxyl groups is 1. The maximum absolute atomic E-state index is 14.3. The number of aliphatic hydroxyl groups excluding tert-OH is 1. The van der Waals surface area contributed by atoms with E-state index in [-0.39, 0.29) is 25.1 Å². The molecule has 1 unspecified atom stereocenters. The van der Waals surface area contributed by atoms with Gasteiger partial charge in [-0.2, -0.15) is 0 Å². The second kappa shape index (κ2) is 8.80. The molecule has 0 aliphatic carbocycles. The zero-order chi connectivity index (χ0) is 19.1. The lowest BCUT2D eigenvalue weighted by atomic mass is 9.76. The summed E-state index contributed by atoms with van der Waals surface area (Å²) in [5.74, 6) is -1.90. The Balaban J connectivity index is 3.11. The van der Waals surface area contributed by atoms with Gasteiger partial charge in [0.1, 0.15) is 16.8 Å². The number of carbonyl (C=O) groups is 2. The zero-order valence-electron chi connectivity index (χ0n) is 14.8. The Kier molecular flexibility index (Phi) is 7.36. The van der Waals surface area contributed by atoms with Gasteiger partial charge in [-0.25, -0.2) is 9.18 Å². The lowest BCUT2D eigenvalue weighted by molar-refractivity contribution is -0.144. The molecule has 0 saturated carbocycles. The number of halogens is 1. The summed E-state index contributed by atoms with van der Waals surface area (Å²) >= 11 is 0. The van der Waals surface area contributed by atoms with Gasteiger partial charge in [0, 0.05) is 18.7 Å². The van der Waals surface area contributed by atoms with E-state index in [1.807, 2.05) is 0 Å². The molecular formula is C18H26FNO5. The zero-order valence-corrected chi connectivity index (χ0v) is 14.8. The summed E-state index contributed by atoms with van der Waals surface area (Å²) in [7, 11) is 0. The van der Waals surface area contributed by atoms with Crippen LogP contribution in [0.15, 0.2) is 24.3 Å². The molecule has 0 fully saturated rings. The van der Waals surface area contributed by atoms with Crippen LogP contribution >= 0.6 is 0 Å². The van der Waals surface area contributed by atoms with E-state index in [1.54, 1.807) is 26.8 Å². The third-order valence-electron chi connectivity index (χ3n) is 3.74. The van der Waals surface area contributed by atoms with Crippen molar-refractivity contribution in [1.82, 2.24) is 5.32 Å². The number of alkyl carbamates (subject to hydrolysis) is 1. The van der Waals surface area contributed by atoms with E-state index in [9.17, 15) is 19.1 Å². The standard InChI is InChI=1S/C18H26FNO5/c1-17(2,3)25-16(24)20-12-18(15(22)23,10-6-7-11-21)13-8-4-5-9-14(13)19/h4-5,8-9,21H,6-7,10-12H2,1-3H3,(H,20,24)(H,22,23). The lowest BCUT2D eigenvalue weighted by Gasteiger charge is -2.31. The van der Waals surface area contributed by atoms with E-state index in [1.165, 1.54) is 18.2 Å². The Bertz CT molecular complexity index is 599. The lowest BCUT2D eigenvalue weighted by Crippen LogP contribution is -2.48. The Hall–Kier alpha value is -2.15. The summed E-state index contributed by atoms with van der Waals surface area (Å²) < 4.78 is 19.4. The van der Waals surface area contributed by atoms with Crippen molar-refractivity contribution in [3.8, 4) is 0 Å². The van der Waals surface area contributed by atoms with Crippen LogP contribution in [0.2, 0.25) is 0 Å². The van der Waals surface area contributed by atoms with Gasteiger partial charge in [0.25, 0.3) is 0 Å². The Morgan fingerprint density at radius 1 is 1.20 bits per heavy atom. The van der Waals surface area contributed by atoms with Crippen LogP contribution in [-0.2, 0) is 14.9 Å². The van der Waals surface area contributed by atoms with Gasteiger partial charge in [-0.1, -0.05) is 18.2 Å². The summed E-state index contributed by atoms with van der Waals surface area (Å²) in [6.07, 6.45) is 0.0551. The first kappa shape index (κ1) is 20.9. The fraction of sp³-hybridized carbons (Fsp3) is 0.556. The third-order valence-corrected chi connectivity index (χ3v) is 3.74. The summed E-state index contributed by atoms with van der Waals surface area (Å²) in [4.78, 5) is 24.0. The molecule has 0 bridgehead atoms. The van der Waals surface area contributed by atoms with Crippen LogP contribution in [0, 0.1) is 5.82 Å². The van der Waals surface area contributed by atoms with Crippen LogP contribution < -0.4 is 5.32 Å². The molecule has 0 aliphatic heterocycles. The molecule has 0 aliphatic rings. The molecule has 0 radical (unpaired) electrons. The number of unbranched alkanes of at least 4 members (excludes halogenated alkanes) is 1. The highest BCUT2D eigenvalue weighted by Gasteiger charge is 2.42. The highest BCUT2D eigenvalue weighted by Crippen LogP contribution is 2.32. The number of carboxylic acid groups (broad SMARTS) is 1. The molecule has 25 heavy (non-hydrogen) atoms. The largest absolute Gasteiger partial charge is 0.481 e.